The molecule has 0 N–H and O–H groups in total. The molecule has 25 heavy (non-hydrogen) atoms. The summed E-state index contributed by atoms with van der Waals surface area (Å²) < 4.78 is 28.9. The Bertz CT molecular complexity index is 814. The van der Waals surface area contributed by atoms with Gasteiger partial charge in [-0.3, -0.25) is 0 Å². The molecule has 1 atom stereocenters. The van der Waals surface area contributed by atoms with E-state index in [2.05, 4.69) is 0 Å². The lowest BCUT2D eigenvalue weighted by Gasteiger charge is -2.34. The van der Waals surface area contributed by atoms with Crippen molar-refractivity contribution in [1.82, 2.24) is 0 Å². The van der Waals surface area contributed by atoms with E-state index in [-0.39, 0.29) is 8.81 Å². The number of benzene rings is 3. The Balaban J connectivity index is 2.27. The molecular weight excluding hydrogens is 351 g/mol. The molecule has 3 nitrogen and oxygen atoms in total. The van der Waals surface area contributed by atoms with Gasteiger partial charge in [0.05, 0.1) is 20.2 Å². The van der Waals surface area contributed by atoms with E-state index in [1.807, 2.05) is 91.0 Å². The third-order valence-electron chi connectivity index (χ3n) is 3.97. The van der Waals surface area contributed by atoms with Gasteiger partial charge in [-0.15, -0.1) is 0 Å². The highest BCUT2D eigenvalue weighted by molar-refractivity contribution is 7.89. The molecule has 0 saturated carbocycles. The third kappa shape index (κ3) is 3.98. The smallest absolute Gasteiger partial charge is 0.250 e. The van der Waals surface area contributed by atoms with Crippen LogP contribution in [0.1, 0.15) is 16.7 Å². The maximum Gasteiger partial charge on any atom is 0.267 e. The SMILES string of the molecule is CS(=O)(=O)OPC(c1ccccc1)(c1ccccc1)c1ccccc1. The van der Waals surface area contributed by atoms with Crippen LogP contribution in [0, 0.1) is 0 Å². The lowest BCUT2D eigenvalue weighted by molar-refractivity contribution is 0.515. The first-order chi connectivity index (χ1) is 12.0. The van der Waals surface area contributed by atoms with E-state index >= 15 is 0 Å². The van der Waals surface area contributed by atoms with E-state index in [9.17, 15) is 8.42 Å². The maximum atomic E-state index is 11.8. The molecule has 0 aliphatic heterocycles. The molecule has 1 unspecified atom stereocenters. The Morgan fingerprint density at radius 2 is 1.00 bits per heavy atom. The summed E-state index contributed by atoms with van der Waals surface area (Å²) in [7, 11) is -3.88. The van der Waals surface area contributed by atoms with Gasteiger partial charge in [-0.25, -0.2) is 3.97 Å². The highest BCUT2D eigenvalue weighted by Gasteiger charge is 2.38. The molecule has 0 aromatic heterocycles. The molecule has 0 radical (unpaired) electrons. The van der Waals surface area contributed by atoms with Crippen LogP contribution >= 0.6 is 8.81 Å². The topological polar surface area (TPSA) is 43.4 Å². The zero-order valence-electron chi connectivity index (χ0n) is 13.8. The maximum absolute atomic E-state index is 11.8. The van der Waals surface area contributed by atoms with Crippen molar-refractivity contribution in [2.24, 2.45) is 0 Å². The van der Waals surface area contributed by atoms with Crippen LogP contribution in [0.25, 0.3) is 0 Å². The minimum Gasteiger partial charge on any atom is -0.250 e. The lowest BCUT2D eigenvalue weighted by atomic mass is 9.84. The summed E-state index contributed by atoms with van der Waals surface area (Å²) >= 11 is 0. The molecule has 3 rings (SSSR count). The molecular formula is C20H19O3PS. The van der Waals surface area contributed by atoms with Crippen LogP contribution in [0.3, 0.4) is 0 Å². The van der Waals surface area contributed by atoms with Gasteiger partial charge >= 0.3 is 0 Å². The van der Waals surface area contributed by atoms with Crippen molar-refractivity contribution in [3.63, 3.8) is 0 Å². The Morgan fingerprint density at radius 1 is 0.680 bits per heavy atom. The summed E-state index contributed by atoms with van der Waals surface area (Å²) in [6, 6.07) is 29.7. The Hall–Kier alpha value is -2.00. The first kappa shape index (κ1) is 17.8. The van der Waals surface area contributed by atoms with E-state index in [4.69, 9.17) is 3.97 Å². The summed E-state index contributed by atoms with van der Waals surface area (Å²) in [5.74, 6) is 0. The van der Waals surface area contributed by atoms with Crippen molar-refractivity contribution >= 4 is 18.9 Å². The third-order valence-corrected chi connectivity index (χ3v) is 6.68. The minimum absolute atomic E-state index is 0.311. The second-order valence-electron chi connectivity index (χ2n) is 5.74. The van der Waals surface area contributed by atoms with Crippen LogP contribution in [-0.2, 0) is 19.2 Å². The summed E-state index contributed by atoms with van der Waals surface area (Å²) in [5, 5.41) is -0.688. The van der Waals surface area contributed by atoms with E-state index < -0.39 is 15.3 Å². The molecule has 0 bridgehead atoms. The van der Waals surface area contributed by atoms with Crippen molar-refractivity contribution in [3.8, 4) is 0 Å². The Kier molecular flexibility index (Phi) is 5.33. The minimum atomic E-state index is -3.57. The van der Waals surface area contributed by atoms with Crippen molar-refractivity contribution in [3.05, 3.63) is 108 Å². The molecule has 0 fully saturated rings. The van der Waals surface area contributed by atoms with Crippen LogP contribution in [-0.4, -0.2) is 14.7 Å². The highest BCUT2D eigenvalue weighted by Crippen LogP contribution is 2.53. The second-order valence-corrected chi connectivity index (χ2v) is 8.77. The Labute approximate surface area is 150 Å². The first-order valence-corrected chi connectivity index (χ1v) is 10.6. The number of hydrogen-bond acceptors (Lipinski definition) is 3. The van der Waals surface area contributed by atoms with Crippen molar-refractivity contribution in [1.29, 1.82) is 0 Å². The largest absolute Gasteiger partial charge is 0.267 e. The first-order valence-electron chi connectivity index (χ1n) is 7.84. The van der Waals surface area contributed by atoms with Gasteiger partial charge in [0.1, 0.15) is 0 Å². The van der Waals surface area contributed by atoms with E-state index in [0.717, 1.165) is 22.9 Å². The molecule has 0 amide bonds. The van der Waals surface area contributed by atoms with Crippen molar-refractivity contribution in [2.75, 3.05) is 6.26 Å². The van der Waals surface area contributed by atoms with E-state index in [1.165, 1.54) is 0 Å². The van der Waals surface area contributed by atoms with Gasteiger partial charge in [-0.1, -0.05) is 91.0 Å². The van der Waals surface area contributed by atoms with E-state index in [0.29, 0.717) is 0 Å². The molecule has 0 spiro atoms. The van der Waals surface area contributed by atoms with Gasteiger partial charge in [-0.2, -0.15) is 8.42 Å². The fraction of sp³-hybridized carbons (Fsp3) is 0.100. The van der Waals surface area contributed by atoms with Gasteiger partial charge in [0, 0.05) is 0 Å². The summed E-state index contributed by atoms with van der Waals surface area (Å²) in [5.41, 5.74) is 2.98. The quantitative estimate of drug-likeness (QED) is 0.472. The molecule has 5 heteroatoms. The van der Waals surface area contributed by atoms with E-state index in [1.54, 1.807) is 0 Å². The summed E-state index contributed by atoms with van der Waals surface area (Å²) in [4.78, 5) is 0. The summed E-state index contributed by atoms with van der Waals surface area (Å²) in [6.45, 7) is 0. The standard InChI is InChI=1S/C20H19O3PS/c1-25(21,22)23-24-20(17-11-5-2-6-12-17,18-13-7-3-8-14-18)19-15-9-4-10-16-19/h2-16,24H,1H3. The molecule has 0 heterocycles. The highest BCUT2D eigenvalue weighted by atomic mass is 32.2. The van der Waals surface area contributed by atoms with Crippen LogP contribution in [0.5, 0.6) is 0 Å². The normalized spacial score (nSPS) is 12.5. The van der Waals surface area contributed by atoms with Crippen molar-refractivity contribution < 1.29 is 12.4 Å². The van der Waals surface area contributed by atoms with Gasteiger partial charge in [0.2, 0.25) is 0 Å². The van der Waals surface area contributed by atoms with Crippen LogP contribution in [0.15, 0.2) is 91.0 Å². The van der Waals surface area contributed by atoms with Gasteiger partial charge in [0.25, 0.3) is 10.1 Å². The van der Waals surface area contributed by atoms with Crippen LogP contribution in [0.2, 0.25) is 0 Å². The zero-order valence-corrected chi connectivity index (χ0v) is 15.6. The molecule has 3 aromatic carbocycles. The van der Waals surface area contributed by atoms with Crippen molar-refractivity contribution in [2.45, 2.75) is 5.16 Å². The predicted molar refractivity (Wildman–Crippen MR) is 103 cm³/mol. The number of rotatable bonds is 6. The molecule has 0 aliphatic carbocycles. The average Bonchev–Trinajstić information content (AvgIpc) is 2.64. The van der Waals surface area contributed by atoms with Crippen LogP contribution in [0.4, 0.5) is 0 Å². The van der Waals surface area contributed by atoms with Gasteiger partial charge in [-0.05, 0) is 16.7 Å². The van der Waals surface area contributed by atoms with Crippen LogP contribution < -0.4 is 0 Å². The molecule has 0 aliphatic rings. The average molecular weight is 370 g/mol. The second kappa shape index (κ2) is 7.49. The molecule has 128 valence electrons. The molecule has 0 saturated heterocycles. The van der Waals surface area contributed by atoms with Gasteiger partial charge in [0.15, 0.2) is 0 Å². The number of hydrogen-bond donors (Lipinski definition) is 0. The Morgan fingerprint density at radius 3 is 1.28 bits per heavy atom. The fourth-order valence-corrected chi connectivity index (χ4v) is 4.84. The zero-order chi connectivity index (χ0) is 17.8. The predicted octanol–water partition coefficient (Wildman–Crippen LogP) is 4.55. The molecule has 3 aromatic rings. The van der Waals surface area contributed by atoms with Gasteiger partial charge < -0.3 is 0 Å². The lowest BCUT2D eigenvalue weighted by Crippen LogP contribution is -2.25. The summed E-state index contributed by atoms with van der Waals surface area (Å²) in [6.07, 6.45) is 1.09. The monoisotopic (exact) mass is 370 g/mol. The fourth-order valence-electron chi connectivity index (χ4n) is 2.88.